The Labute approximate surface area is 123 Å². The molecule has 1 aromatic carbocycles. The molecule has 2 atom stereocenters. The largest absolute Gasteiger partial charge is 0.377 e. The molecule has 1 aromatic rings. The zero-order chi connectivity index (χ0) is 14.6. The van der Waals surface area contributed by atoms with Crippen molar-refractivity contribution in [3.63, 3.8) is 0 Å². The summed E-state index contributed by atoms with van der Waals surface area (Å²) in [6.07, 6.45) is 2.26. The van der Waals surface area contributed by atoms with E-state index in [1.165, 1.54) is 12.1 Å². The summed E-state index contributed by atoms with van der Waals surface area (Å²) in [5.74, 6) is 0.531. The van der Waals surface area contributed by atoms with Gasteiger partial charge in [-0.3, -0.25) is 14.3 Å². The summed E-state index contributed by atoms with van der Waals surface area (Å²) in [6, 6.07) is 2.60. The lowest BCUT2D eigenvalue weighted by Crippen LogP contribution is -2.18. The average Bonchev–Trinajstić information content (AvgIpc) is 2.30. The van der Waals surface area contributed by atoms with Gasteiger partial charge in [-0.25, -0.2) is 0 Å². The van der Waals surface area contributed by atoms with Crippen LogP contribution in [0.2, 0.25) is 10.0 Å². The molecule has 0 spiro atoms. The molecular formula is C11H14Cl2N2O3S. The third-order valence-corrected chi connectivity index (χ3v) is 4.01. The van der Waals surface area contributed by atoms with Gasteiger partial charge in [0.05, 0.1) is 15.0 Å². The molecular weight excluding hydrogens is 311 g/mol. The van der Waals surface area contributed by atoms with E-state index >= 15 is 0 Å². The summed E-state index contributed by atoms with van der Waals surface area (Å²) in [5.41, 5.74) is 0.188. The van der Waals surface area contributed by atoms with Gasteiger partial charge in [-0.1, -0.05) is 23.2 Å². The van der Waals surface area contributed by atoms with E-state index in [-0.39, 0.29) is 21.8 Å². The Balaban J connectivity index is 2.90. The molecule has 0 aliphatic carbocycles. The maximum atomic E-state index is 11.0. The molecule has 0 heterocycles. The molecule has 1 N–H and O–H groups in total. The number of nitro groups is 1. The molecule has 0 saturated carbocycles. The zero-order valence-electron chi connectivity index (χ0n) is 10.5. The third kappa shape index (κ3) is 4.97. The van der Waals surface area contributed by atoms with Crippen LogP contribution in [0.4, 0.5) is 11.4 Å². The van der Waals surface area contributed by atoms with Crippen molar-refractivity contribution < 1.29 is 9.13 Å². The van der Waals surface area contributed by atoms with Crippen molar-refractivity contribution in [3.05, 3.63) is 32.3 Å². The van der Waals surface area contributed by atoms with Crippen molar-refractivity contribution in [1.29, 1.82) is 0 Å². The normalized spacial score (nSPS) is 13.9. The van der Waals surface area contributed by atoms with Crippen molar-refractivity contribution in [2.45, 2.75) is 19.4 Å². The van der Waals surface area contributed by atoms with Crippen LogP contribution in [0.5, 0.6) is 0 Å². The van der Waals surface area contributed by atoms with Gasteiger partial charge in [-0.05, 0) is 19.4 Å². The predicted molar refractivity (Wildman–Crippen MR) is 79.8 cm³/mol. The average molecular weight is 325 g/mol. The SMILES string of the molecule is CC(CCS(C)=O)Nc1cc(Cl)c(Cl)cc1[N+](=O)[O-]. The highest BCUT2D eigenvalue weighted by atomic mass is 35.5. The Hall–Kier alpha value is -0.850. The van der Waals surface area contributed by atoms with Gasteiger partial charge < -0.3 is 5.32 Å². The zero-order valence-corrected chi connectivity index (χ0v) is 12.8. The number of hydrogen-bond donors (Lipinski definition) is 1. The van der Waals surface area contributed by atoms with Crippen molar-refractivity contribution in [3.8, 4) is 0 Å². The summed E-state index contributed by atoms with van der Waals surface area (Å²) in [5, 5.41) is 14.3. The minimum atomic E-state index is -0.887. The molecule has 1 rings (SSSR count). The van der Waals surface area contributed by atoms with Crippen LogP contribution in [-0.2, 0) is 10.8 Å². The lowest BCUT2D eigenvalue weighted by Gasteiger charge is -2.15. The first kappa shape index (κ1) is 16.2. The van der Waals surface area contributed by atoms with E-state index in [4.69, 9.17) is 23.2 Å². The first-order valence-corrected chi connectivity index (χ1v) is 7.99. The molecule has 5 nitrogen and oxygen atoms in total. The van der Waals surface area contributed by atoms with Gasteiger partial charge in [0.2, 0.25) is 0 Å². The highest BCUT2D eigenvalue weighted by molar-refractivity contribution is 7.84. The van der Waals surface area contributed by atoms with Crippen LogP contribution in [0.3, 0.4) is 0 Å². The molecule has 8 heteroatoms. The number of hydrogen-bond acceptors (Lipinski definition) is 4. The topological polar surface area (TPSA) is 72.2 Å². The third-order valence-electron chi connectivity index (χ3n) is 2.48. The Morgan fingerprint density at radius 1 is 1.42 bits per heavy atom. The first-order chi connectivity index (χ1) is 8.81. The summed E-state index contributed by atoms with van der Waals surface area (Å²) < 4.78 is 11.0. The quantitative estimate of drug-likeness (QED) is 0.642. The van der Waals surface area contributed by atoms with Gasteiger partial charge in [0, 0.05) is 34.9 Å². The summed E-state index contributed by atoms with van der Waals surface area (Å²) in [7, 11) is -0.887. The van der Waals surface area contributed by atoms with Crippen LogP contribution in [0.1, 0.15) is 13.3 Å². The monoisotopic (exact) mass is 324 g/mol. The first-order valence-electron chi connectivity index (χ1n) is 5.51. The van der Waals surface area contributed by atoms with Crippen molar-refractivity contribution in [1.82, 2.24) is 0 Å². The molecule has 0 radical (unpaired) electrons. The lowest BCUT2D eigenvalue weighted by molar-refractivity contribution is -0.384. The van der Waals surface area contributed by atoms with Crippen LogP contribution in [-0.4, -0.2) is 27.2 Å². The number of nitrogens with zero attached hydrogens (tertiary/aromatic N) is 1. The van der Waals surface area contributed by atoms with Crippen LogP contribution >= 0.6 is 23.2 Å². The molecule has 0 fully saturated rings. The summed E-state index contributed by atoms with van der Waals surface area (Å²) in [6.45, 7) is 1.86. The highest BCUT2D eigenvalue weighted by Crippen LogP contribution is 2.34. The molecule has 0 amide bonds. The molecule has 19 heavy (non-hydrogen) atoms. The van der Waals surface area contributed by atoms with E-state index in [0.717, 1.165) is 0 Å². The number of rotatable bonds is 6. The fourth-order valence-corrected chi connectivity index (χ4v) is 2.49. The van der Waals surface area contributed by atoms with Crippen LogP contribution < -0.4 is 5.32 Å². The fourth-order valence-electron chi connectivity index (χ4n) is 1.48. The maximum absolute atomic E-state index is 11.0. The Bertz CT molecular complexity index is 511. The van der Waals surface area contributed by atoms with Crippen LogP contribution in [0.25, 0.3) is 0 Å². The van der Waals surface area contributed by atoms with Crippen molar-refractivity contribution in [2.24, 2.45) is 0 Å². The Morgan fingerprint density at radius 2 is 2.00 bits per heavy atom. The minimum Gasteiger partial charge on any atom is -0.377 e. The van der Waals surface area contributed by atoms with Gasteiger partial charge in [-0.2, -0.15) is 0 Å². The number of halogens is 2. The number of nitrogens with one attached hydrogen (secondary N) is 1. The second-order valence-corrected chi connectivity index (χ2v) is 6.52. The molecule has 0 aliphatic heterocycles. The van der Waals surface area contributed by atoms with Gasteiger partial charge in [0.25, 0.3) is 5.69 Å². The number of nitro benzene ring substituents is 1. The van der Waals surface area contributed by atoms with E-state index in [9.17, 15) is 14.3 Å². The molecule has 0 aromatic heterocycles. The smallest absolute Gasteiger partial charge is 0.293 e. The van der Waals surface area contributed by atoms with E-state index in [0.29, 0.717) is 17.9 Å². The second-order valence-electron chi connectivity index (χ2n) is 4.15. The van der Waals surface area contributed by atoms with Gasteiger partial charge >= 0.3 is 0 Å². The van der Waals surface area contributed by atoms with E-state index < -0.39 is 15.7 Å². The van der Waals surface area contributed by atoms with E-state index in [1.807, 2.05) is 6.92 Å². The minimum absolute atomic E-state index is 0.0557. The van der Waals surface area contributed by atoms with E-state index in [1.54, 1.807) is 6.26 Å². The van der Waals surface area contributed by atoms with Crippen LogP contribution in [0.15, 0.2) is 12.1 Å². The van der Waals surface area contributed by atoms with Crippen molar-refractivity contribution in [2.75, 3.05) is 17.3 Å². The molecule has 2 unspecified atom stereocenters. The second kappa shape index (κ2) is 7.07. The fraction of sp³-hybridized carbons (Fsp3) is 0.455. The predicted octanol–water partition coefficient (Wildman–Crippen LogP) is 3.47. The molecule has 0 bridgehead atoms. The standard InChI is InChI=1S/C11H14Cl2N2O3S/c1-7(3-4-19(2)18)14-10-5-8(12)9(13)6-11(10)15(16)17/h5-7,14H,3-4H2,1-2H3. The van der Waals surface area contributed by atoms with Crippen molar-refractivity contribution >= 4 is 45.4 Å². The summed E-state index contributed by atoms with van der Waals surface area (Å²) in [4.78, 5) is 10.4. The van der Waals surface area contributed by atoms with Crippen LogP contribution in [0, 0.1) is 10.1 Å². The molecule has 0 aliphatic rings. The van der Waals surface area contributed by atoms with Gasteiger partial charge in [0.15, 0.2) is 0 Å². The lowest BCUT2D eigenvalue weighted by atomic mass is 10.2. The Kier molecular flexibility index (Phi) is 6.03. The number of benzene rings is 1. The highest BCUT2D eigenvalue weighted by Gasteiger charge is 2.18. The number of anilines is 1. The maximum Gasteiger partial charge on any atom is 0.293 e. The van der Waals surface area contributed by atoms with E-state index in [2.05, 4.69) is 5.32 Å². The van der Waals surface area contributed by atoms with Gasteiger partial charge in [0.1, 0.15) is 5.69 Å². The summed E-state index contributed by atoms with van der Waals surface area (Å²) >= 11 is 11.6. The molecule has 0 saturated heterocycles. The Morgan fingerprint density at radius 3 is 2.53 bits per heavy atom. The molecule has 106 valence electrons. The van der Waals surface area contributed by atoms with Gasteiger partial charge in [-0.15, -0.1) is 0 Å².